The predicted molar refractivity (Wildman–Crippen MR) is 67.4 cm³/mol. The SMILES string of the molecule is Nc1c(F)cccc1-c1nc(-c2cccs2)no1. The average Bonchev–Trinajstić information content (AvgIpc) is 3.01. The van der Waals surface area contributed by atoms with Crippen LogP contribution in [-0.4, -0.2) is 10.1 Å². The largest absolute Gasteiger partial charge is 0.396 e. The molecule has 90 valence electrons. The molecular weight excluding hydrogens is 253 g/mol. The molecule has 2 N–H and O–H groups in total. The minimum atomic E-state index is -0.497. The van der Waals surface area contributed by atoms with Gasteiger partial charge < -0.3 is 10.3 Å². The molecule has 0 aliphatic carbocycles. The summed E-state index contributed by atoms with van der Waals surface area (Å²) in [6, 6.07) is 8.26. The molecule has 3 rings (SSSR count). The molecule has 0 aliphatic rings. The lowest BCUT2D eigenvalue weighted by atomic mass is 10.2. The zero-order valence-electron chi connectivity index (χ0n) is 9.13. The Labute approximate surface area is 106 Å². The van der Waals surface area contributed by atoms with Crippen molar-refractivity contribution in [3.8, 4) is 22.2 Å². The summed E-state index contributed by atoms with van der Waals surface area (Å²) in [7, 11) is 0. The van der Waals surface area contributed by atoms with Crippen LogP contribution in [0, 0.1) is 5.82 Å². The zero-order valence-corrected chi connectivity index (χ0v) is 9.95. The van der Waals surface area contributed by atoms with Gasteiger partial charge in [-0.25, -0.2) is 4.39 Å². The first kappa shape index (κ1) is 10.9. The van der Waals surface area contributed by atoms with Gasteiger partial charge in [-0.2, -0.15) is 4.98 Å². The second-order valence-corrected chi connectivity index (χ2v) is 4.55. The highest BCUT2D eigenvalue weighted by Crippen LogP contribution is 2.29. The van der Waals surface area contributed by atoms with Crippen LogP contribution in [0.15, 0.2) is 40.2 Å². The first-order chi connectivity index (χ1) is 8.75. The number of hydrogen-bond donors (Lipinski definition) is 1. The number of hydrogen-bond acceptors (Lipinski definition) is 5. The van der Waals surface area contributed by atoms with Crippen LogP contribution >= 0.6 is 11.3 Å². The van der Waals surface area contributed by atoms with Crippen molar-refractivity contribution in [1.82, 2.24) is 10.1 Å². The predicted octanol–water partition coefficient (Wildman–Crippen LogP) is 3.19. The Morgan fingerprint density at radius 3 is 2.89 bits per heavy atom. The molecule has 0 spiro atoms. The lowest BCUT2D eigenvalue weighted by molar-refractivity contribution is 0.432. The standard InChI is InChI=1S/C12H8FN3OS/c13-8-4-1-3-7(10(8)14)12-15-11(16-17-12)9-5-2-6-18-9/h1-6H,14H2. The first-order valence-electron chi connectivity index (χ1n) is 5.17. The van der Waals surface area contributed by atoms with E-state index >= 15 is 0 Å². The number of rotatable bonds is 2. The second-order valence-electron chi connectivity index (χ2n) is 3.60. The number of thiophene rings is 1. The molecule has 6 heteroatoms. The van der Waals surface area contributed by atoms with Crippen molar-refractivity contribution in [2.75, 3.05) is 5.73 Å². The van der Waals surface area contributed by atoms with Gasteiger partial charge in [-0.05, 0) is 23.6 Å². The summed E-state index contributed by atoms with van der Waals surface area (Å²) in [5.41, 5.74) is 6.06. The first-order valence-corrected chi connectivity index (χ1v) is 6.05. The van der Waals surface area contributed by atoms with Gasteiger partial charge in [0.25, 0.3) is 5.89 Å². The Morgan fingerprint density at radius 1 is 1.22 bits per heavy atom. The van der Waals surface area contributed by atoms with Crippen molar-refractivity contribution in [2.45, 2.75) is 0 Å². The lowest BCUT2D eigenvalue weighted by Gasteiger charge is -2.00. The molecule has 2 heterocycles. The summed E-state index contributed by atoms with van der Waals surface area (Å²) in [5.74, 6) is 0.197. The number of nitrogens with zero attached hydrogens (tertiary/aromatic N) is 2. The van der Waals surface area contributed by atoms with Gasteiger partial charge in [0.2, 0.25) is 5.82 Å². The van der Waals surface area contributed by atoms with Crippen molar-refractivity contribution in [3.63, 3.8) is 0 Å². The molecule has 1 aromatic carbocycles. The van der Waals surface area contributed by atoms with Gasteiger partial charge in [0.05, 0.1) is 16.1 Å². The third-order valence-electron chi connectivity index (χ3n) is 2.45. The van der Waals surface area contributed by atoms with Crippen LogP contribution < -0.4 is 5.73 Å². The fourth-order valence-electron chi connectivity index (χ4n) is 1.56. The highest BCUT2D eigenvalue weighted by atomic mass is 32.1. The van der Waals surface area contributed by atoms with Crippen LogP contribution in [0.5, 0.6) is 0 Å². The normalized spacial score (nSPS) is 10.7. The van der Waals surface area contributed by atoms with Crippen LogP contribution in [0.25, 0.3) is 22.2 Å². The van der Waals surface area contributed by atoms with Gasteiger partial charge in [-0.3, -0.25) is 0 Å². The van der Waals surface area contributed by atoms with E-state index in [1.54, 1.807) is 12.1 Å². The maximum Gasteiger partial charge on any atom is 0.260 e. The molecule has 4 nitrogen and oxygen atoms in total. The molecular formula is C12H8FN3OS. The molecule has 0 radical (unpaired) electrons. The van der Waals surface area contributed by atoms with Gasteiger partial charge >= 0.3 is 0 Å². The summed E-state index contributed by atoms with van der Waals surface area (Å²) >= 11 is 1.50. The third-order valence-corrected chi connectivity index (χ3v) is 3.32. The minimum absolute atomic E-state index is 0.0129. The smallest absolute Gasteiger partial charge is 0.260 e. The lowest BCUT2D eigenvalue weighted by Crippen LogP contribution is -1.94. The number of para-hydroxylation sites is 1. The van der Waals surface area contributed by atoms with E-state index in [0.717, 1.165) is 4.88 Å². The topological polar surface area (TPSA) is 64.9 Å². The number of anilines is 1. The van der Waals surface area contributed by atoms with Crippen LogP contribution in [-0.2, 0) is 0 Å². The molecule has 2 aromatic heterocycles. The van der Waals surface area contributed by atoms with E-state index in [9.17, 15) is 4.39 Å². The zero-order chi connectivity index (χ0) is 12.5. The fourth-order valence-corrected chi connectivity index (χ4v) is 2.21. The molecule has 0 atom stereocenters. The molecule has 0 fully saturated rings. The molecule has 18 heavy (non-hydrogen) atoms. The highest BCUT2D eigenvalue weighted by molar-refractivity contribution is 7.13. The van der Waals surface area contributed by atoms with Crippen molar-refractivity contribution in [1.29, 1.82) is 0 Å². The second kappa shape index (κ2) is 4.23. The maximum absolute atomic E-state index is 13.3. The Balaban J connectivity index is 2.06. The van der Waals surface area contributed by atoms with E-state index < -0.39 is 5.82 Å². The number of aromatic nitrogens is 2. The molecule has 3 aromatic rings. The van der Waals surface area contributed by atoms with E-state index in [4.69, 9.17) is 10.3 Å². The summed E-state index contributed by atoms with van der Waals surface area (Å²) in [5, 5.41) is 5.77. The van der Waals surface area contributed by atoms with Crippen molar-refractivity contribution in [2.24, 2.45) is 0 Å². The van der Waals surface area contributed by atoms with Gasteiger partial charge in [0.1, 0.15) is 5.82 Å². The Hall–Kier alpha value is -2.21. The van der Waals surface area contributed by atoms with Gasteiger partial charge in [-0.1, -0.05) is 17.3 Å². The van der Waals surface area contributed by atoms with Crippen LogP contribution in [0.4, 0.5) is 10.1 Å². The molecule has 0 bridgehead atoms. The van der Waals surface area contributed by atoms with E-state index in [0.29, 0.717) is 11.4 Å². The van der Waals surface area contributed by atoms with Crippen LogP contribution in [0.2, 0.25) is 0 Å². The fraction of sp³-hybridized carbons (Fsp3) is 0. The summed E-state index contributed by atoms with van der Waals surface area (Å²) < 4.78 is 18.4. The van der Waals surface area contributed by atoms with E-state index in [2.05, 4.69) is 10.1 Å². The van der Waals surface area contributed by atoms with Crippen LogP contribution in [0.3, 0.4) is 0 Å². The Bertz CT molecular complexity index is 678. The molecule has 0 amide bonds. The molecule has 0 saturated heterocycles. The summed E-state index contributed by atoms with van der Waals surface area (Å²) in [6.07, 6.45) is 0. The molecule has 0 aliphatic heterocycles. The minimum Gasteiger partial charge on any atom is -0.396 e. The quantitative estimate of drug-likeness (QED) is 0.719. The Kier molecular flexibility index (Phi) is 2.56. The van der Waals surface area contributed by atoms with Crippen LogP contribution in [0.1, 0.15) is 0 Å². The van der Waals surface area contributed by atoms with Crippen molar-refractivity contribution in [3.05, 3.63) is 41.5 Å². The average molecular weight is 261 g/mol. The van der Waals surface area contributed by atoms with E-state index in [-0.39, 0.29) is 11.6 Å². The Morgan fingerprint density at radius 2 is 2.11 bits per heavy atom. The van der Waals surface area contributed by atoms with Crippen molar-refractivity contribution < 1.29 is 8.91 Å². The molecule has 0 saturated carbocycles. The third kappa shape index (κ3) is 1.76. The number of nitrogen functional groups attached to an aromatic ring is 1. The molecule has 0 unspecified atom stereocenters. The van der Waals surface area contributed by atoms with Crippen molar-refractivity contribution >= 4 is 17.0 Å². The summed E-state index contributed by atoms with van der Waals surface area (Å²) in [4.78, 5) is 5.10. The van der Waals surface area contributed by atoms with Gasteiger partial charge in [0.15, 0.2) is 0 Å². The monoisotopic (exact) mass is 261 g/mol. The van der Waals surface area contributed by atoms with Gasteiger partial charge in [0, 0.05) is 0 Å². The number of halogens is 1. The van der Waals surface area contributed by atoms with E-state index in [1.807, 2.05) is 17.5 Å². The highest BCUT2D eigenvalue weighted by Gasteiger charge is 2.15. The van der Waals surface area contributed by atoms with E-state index in [1.165, 1.54) is 17.4 Å². The maximum atomic E-state index is 13.3. The number of nitrogens with two attached hydrogens (primary N) is 1. The number of benzene rings is 1. The van der Waals surface area contributed by atoms with Gasteiger partial charge in [-0.15, -0.1) is 11.3 Å². The summed E-state index contributed by atoms with van der Waals surface area (Å²) in [6.45, 7) is 0.